The SMILES string of the molecule is COc1cc(C(C)(C)C)ccc1-c1c(F)cccc1Br. The third-order valence-electron chi connectivity index (χ3n) is 3.30. The van der Waals surface area contributed by atoms with Crippen molar-refractivity contribution in [3.63, 3.8) is 0 Å². The van der Waals surface area contributed by atoms with Gasteiger partial charge in [-0.05, 0) is 29.2 Å². The molecule has 20 heavy (non-hydrogen) atoms. The van der Waals surface area contributed by atoms with Crippen molar-refractivity contribution in [2.24, 2.45) is 0 Å². The van der Waals surface area contributed by atoms with E-state index in [1.807, 2.05) is 24.3 Å². The van der Waals surface area contributed by atoms with E-state index >= 15 is 0 Å². The Bertz CT molecular complexity index is 609. The summed E-state index contributed by atoms with van der Waals surface area (Å²) in [6.45, 7) is 6.42. The maximum absolute atomic E-state index is 14.1. The van der Waals surface area contributed by atoms with E-state index in [1.54, 1.807) is 13.2 Å². The van der Waals surface area contributed by atoms with Crippen molar-refractivity contribution in [2.75, 3.05) is 7.11 Å². The monoisotopic (exact) mass is 336 g/mol. The molecule has 3 heteroatoms. The van der Waals surface area contributed by atoms with Crippen LogP contribution < -0.4 is 4.74 Å². The van der Waals surface area contributed by atoms with Crippen LogP contribution in [-0.2, 0) is 5.41 Å². The normalized spacial score (nSPS) is 11.5. The minimum absolute atomic E-state index is 0.0261. The number of benzene rings is 2. The molecule has 0 unspecified atom stereocenters. The zero-order chi connectivity index (χ0) is 14.9. The predicted octanol–water partition coefficient (Wildman–Crippen LogP) is 5.56. The van der Waals surface area contributed by atoms with Crippen LogP contribution >= 0.6 is 15.9 Å². The van der Waals surface area contributed by atoms with E-state index in [0.717, 1.165) is 15.6 Å². The Morgan fingerprint density at radius 1 is 1.10 bits per heavy atom. The van der Waals surface area contributed by atoms with Gasteiger partial charge < -0.3 is 4.74 Å². The second-order valence-electron chi connectivity index (χ2n) is 5.76. The summed E-state index contributed by atoms with van der Waals surface area (Å²) in [5.41, 5.74) is 2.47. The van der Waals surface area contributed by atoms with Gasteiger partial charge >= 0.3 is 0 Å². The van der Waals surface area contributed by atoms with Crippen LogP contribution in [0.1, 0.15) is 26.3 Å². The summed E-state index contributed by atoms with van der Waals surface area (Å²) in [7, 11) is 1.61. The topological polar surface area (TPSA) is 9.23 Å². The van der Waals surface area contributed by atoms with Crippen LogP contribution in [0, 0.1) is 5.82 Å². The Hall–Kier alpha value is -1.35. The van der Waals surface area contributed by atoms with Gasteiger partial charge in [-0.2, -0.15) is 0 Å². The van der Waals surface area contributed by atoms with Gasteiger partial charge in [0.15, 0.2) is 0 Å². The minimum Gasteiger partial charge on any atom is -0.496 e. The Balaban J connectivity index is 2.64. The Kier molecular flexibility index (Phi) is 4.19. The van der Waals surface area contributed by atoms with Gasteiger partial charge in [-0.15, -0.1) is 0 Å². The third-order valence-corrected chi connectivity index (χ3v) is 3.96. The first kappa shape index (κ1) is 15.0. The lowest BCUT2D eigenvalue weighted by molar-refractivity contribution is 0.414. The van der Waals surface area contributed by atoms with E-state index in [1.165, 1.54) is 6.07 Å². The molecular weight excluding hydrogens is 319 g/mol. The van der Waals surface area contributed by atoms with Gasteiger partial charge in [0.1, 0.15) is 11.6 Å². The maximum atomic E-state index is 14.1. The third kappa shape index (κ3) is 2.88. The summed E-state index contributed by atoms with van der Waals surface area (Å²) in [6, 6.07) is 10.9. The molecule has 0 aliphatic carbocycles. The van der Waals surface area contributed by atoms with Gasteiger partial charge in [-0.3, -0.25) is 0 Å². The second-order valence-corrected chi connectivity index (χ2v) is 6.62. The smallest absolute Gasteiger partial charge is 0.132 e. The summed E-state index contributed by atoms with van der Waals surface area (Å²) in [4.78, 5) is 0. The van der Waals surface area contributed by atoms with Crippen molar-refractivity contribution in [3.8, 4) is 16.9 Å². The van der Waals surface area contributed by atoms with Crippen LogP contribution in [0.4, 0.5) is 4.39 Å². The number of rotatable bonds is 2. The molecular formula is C17H18BrFO. The van der Waals surface area contributed by atoms with Crippen molar-refractivity contribution in [1.82, 2.24) is 0 Å². The first-order valence-corrected chi connectivity index (χ1v) is 7.27. The summed E-state index contributed by atoms with van der Waals surface area (Å²) in [6.07, 6.45) is 0. The molecule has 0 heterocycles. The highest BCUT2D eigenvalue weighted by atomic mass is 79.9. The van der Waals surface area contributed by atoms with E-state index in [0.29, 0.717) is 11.3 Å². The average molecular weight is 337 g/mol. The zero-order valence-electron chi connectivity index (χ0n) is 12.1. The van der Waals surface area contributed by atoms with Crippen molar-refractivity contribution in [3.05, 3.63) is 52.3 Å². The molecule has 0 saturated carbocycles. The molecule has 0 aliphatic heterocycles. The fraction of sp³-hybridized carbons (Fsp3) is 0.294. The molecule has 0 amide bonds. The van der Waals surface area contributed by atoms with E-state index in [4.69, 9.17) is 4.74 Å². The molecule has 2 aromatic carbocycles. The molecule has 2 rings (SSSR count). The quantitative estimate of drug-likeness (QED) is 0.697. The number of hydrogen-bond donors (Lipinski definition) is 0. The lowest BCUT2D eigenvalue weighted by atomic mass is 9.86. The van der Waals surface area contributed by atoms with Gasteiger partial charge in [0.05, 0.1) is 7.11 Å². The molecule has 0 fully saturated rings. The molecule has 0 saturated heterocycles. The van der Waals surface area contributed by atoms with E-state index < -0.39 is 0 Å². The van der Waals surface area contributed by atoms with Crippen LogP contribution in [0.25, 0.3) is 11.1 Å². The van der Waals surface area contributed by atoms with Gasteiger partial charge in [-0.25, -0.2) is 4.39 Å². The zero-order valence-corrected chi connectivity index (χ0v) is 13.7. The molecule has 1 nitrogen and oxygen atoms in total. The van der Waals surface area contributed by atoms with E-state index in [2.05, 4.69) is 36.7 Å². The van der Waals surface area contributed by atoms with Gasteiger partial charge in [-0.1, -0.05) is 54.9 Å². The van der Waals surface area contributed by atoms with Gasteiger partial charge in [0.25, 0.3) is 0 Å². The molecule has 0 spiro atoms. The summed E-state index contributed by atoms with van der Waals surface area (Å²) in [5.74, 6) is 0.421. The summed E-state index contributed by atoms with van der Waals surface area (Å²) in [5, 5.41) is 0. The molecule has 0 aliphatic rings. The number of halogens is 2. The predicted molar refractivity (Wildman–Crippen MR) is 84.8 cm³/mol. The number of hydrogen-bond acceptors (Lipinski definition) is 1. The largest absolute Gasteiger partial charge is 0.496 e. The molecule has 0 atom stereocenters. The van der Waals surface area contributed by atoms with Crippen molar-refractivity contribution in [2.45, 2.75) is 26.2 Å². The van der Waals surface area contributed by atoms with Crippen LogP contribution in [0.3, 0.4) is 0 Å². The van der Waals surface area contributed by atoms with Crippen LogP contribution in [-0.4, -0.2) is 7.11 Å². The lowest BCUT2D eigenvalue weighted by Crippen LogP contribution is -2.11. The first-order chi connectivity index (χ1) is 9.34. The average Bonchev–Trinajstić information content (AvgIpc) is 2.37. The standard InChI is InChI=1S/C17H18BrFO/c1-17(2,3)11-8-9-12(15(10-11)20-4)16-13(18)6-5-7-14(16)19/h5-10H,1-4H3. The fourth-order valence-electron chi connectivity index (χ4n) is 2.12. The Labute approximate surface area is 127 Å². The highest BCUT2D eigenvalue weighted by Gasteiger charge is 2.19. The molecule has 0 bridgehead atoms. The van der Waals surface area contributed by atoms with Crippen LogP contribution in [0.2, 0.25) is 0 Å². The number of ether oxygens (including phenoxy) is 1. The van der Waals surface area contributed by atoms with Crippen molar-refractivity contribution < 1.29 is 9.13 Å². The fourth-order valence-corrected chi connectivity index (χ4v) is 2.67. The second kappa shape index (κ2) is 5.57. The highest BCUT2D eigenvalue weighted by molar-refractivity contribution is 9.10. The maximum Gasteiger partial charge on any atom is 0.132 e. The minimum atomic E-state index is -0.263. The number of methoxy groups -OCH3 is 1. The summed E-state index contributed by atoms with van der Waals surface area (Å²) < 4.78 is 20.3. The Morgan fingerprint density at radius 2 is 1.80 bits per heavy atom. The molecule has 2 aromatic rings. The lowest BCUT2D eigenvalue weighted by Gasteiger charge is -2.21. The van der Waals surface area contributed by atoms with Crippen molar-refractivity contribution in [1.29, 1.82) is 0 Å². The van der Waals surface area contributed by atoms with Crippen molar-refractivity contribution >= 4 is 15.9 Å². The Morgan fingerprint density at radius 3 is 2.35 bits per heavy atom. The van der Waals surface area contributed by atoms with Crippen LogP contribution in [0.5, 0.6) is 5.75 Å². The molecule has 0 aromatic heterocycles. The summed E-state index contributed by atoms with van der Waals surface area (Å²) >= 11 is 3.41. The first-order valence-electron chi connectivity index (χ1n) is 6.47. The highest BCUT2D eigenvalue weighted by Crippen LogP contribution is 2.39. The van der Waals surface area contributed by atoms with E-state index in [9.17, 15) is 4.39 Å². The van der Waals surface area contributed by atoms with E-state index in [-0.39, 0.29) is 11.2 Å². The van der Waals surface area contributed by atoms with Gasteiger partial charge in [0.2, 0.25) is 0 Å². The molecule has 106 valence electrons. The molecule has 0 N–H and O–H groups in total. The van der Waals surface area contributed by atoms with Gasteiger partial charge in [0, 0.05) is 15.6 Å². The molecule has 0 radical (unpaired) electrons. The van der Waals surface area contributed by atoms with Crippen LogP contribution in [0.15, 0.2) is 40.9 Å².